The lowest BCUT2D eigenvalue weighted by molar-refractivity contribution is 0.504. The minimum Gasteiger partial charge on any atom is -0.445 e. The molecule has 3 N–H and O–H groups in total. The van der Waals surface area contributed by atoms with Gasteiger partial charge in [-0.2, -0.15) is 0 Å². The number of halogens is 1. The average molecular weight is 429 g/mol. The lowest BCUT2D eigenvalue weighted by Gasteiger charge is -2.12. The van der Waals surface area contributed by atoms with Crippen molar-refractivity contribution in [3.63, 3.8) is 0 Å². The van der Waals surface area contributed by atoms with Crippen LogP contribution in [0.15, 0.2) is 87.2 Å². The second-order valence-electron chi connectivity index (χ2n) is 6.10. The first-order valence-corrected chi connectivity index (χ1v) is 11.0. The van der Waals surface area contributed by atoms with Gasteiger partial charge in [-0.05, 0) is 35.9 Å². The molecule has 0 radical (unpaired) electrons. The van der Waals surface area contributed by atoms with Gasteiger partial charge in [0.1, 0.15) is 5.58 Å². The normalized spacial score (nSPS) is 12.2. The van der Waals surface area contributed by atoms with Gasteiger partial charge in [-0.25, -0.2) is 4.21 Å². The number of benzene rings is 3. The fourth-order valence-corrected chi connectivity index (χ4v) is 4.84. The standard InChI is InChI=1S/C21H17ClN2O2S2/c22-16-9-10-20(27-13-15-6-1-3-7-17(15)23)18(12-16)24-28(25)21-11-14-5-2-4-8-19(14)26-21/h1-12,24H,13,23H2. The van der Waals surface area contributed by atoms with Crippen LogP contribution in [0.25, 0.3) is 11.0 Å². The summed E-state index contributed by atoms with van der Waals surface area (Å²) in [7, 11) is -1.55. The predicted molar refractivity (Wildman–Crippen MR) is 118 cm³/mol. The zero-order valence-electron chi connectivity index (χ0n) is 14.7. The van der Waals surface area contributed by atoms with Gasteiger partial charge in [-0.1, -0.05) is 48.0 Å². The Kier molecular flexibility index (Phi) is 5.62. The summed E-state index contributed by atoms with van der Waals surface area (Å²) in [6.45, 7) is 0. The van der Waals surface area contributed by atoms with E-state index in [1.54, 1.807) is 23.9 Å². The third-order valence-electron chi connectivity index (χ3n) is 4.17. The molecule has 0 aliphatic rings. The van der Waals surface area contributed by atoms with Crippen molar-refractivity contribution in [1.29, 1.82) is 0 Å². The van der Waals surface area contributed by atoms with Gasteiger partial charge < -0.3 is 10.2 Å². The molecule has 7 heteroatoms. The summed E-state index contributed by atoms with van der Waals surface area (Å²) in [5, 5.41) is 1.84. The van der Waals surface area contributed by atoms with Gasteiger partial charge in [0.2, 0.25) is 5.09 Å². The number of nitrogens with one attached hydrogen (secondary N) is 1. The summed E-state index contributed by atoms with van der Waals surface area (Å²) in [5.41, 5.74) is 9.22. The third-order valence-corrected chi connectivity index (χ3v) is 6.50. The molecule has 1 heterocycles. The van der Waals surface area contributed by atoms with E-state index in [0.29, 0.717) is 27.1 Å². The van der Waals surface area contributed by atoms with Crippen molar-refractivity contribution >= 4 is 56.7 Å². The van der Waals surface area contributed by atoms with E-state index >= 15 is 0 Å². The minimum absolute atomic E-state index is 0.365. The molecule has 142 valence electrons. The maximum Gasteiger partial charge on any atom is 0.212 e. The Balaban J connectivity index is 1.56. The van der Waals surface area contributed by atoms with Gasteiger partial charge in [0.15, 0.2) is 11.0 Å². The summed E-state index contributed by atoms with van der Waals surface area (Å²) < 4.78 is 21.5. The highest BCUT2D eigenvalue weighted by atomic mass is 35.5. The number of nitrogens with two attached hydrogens (primary N) is 1. The van der Waals surface area contributed by atoms with Crippen molar-refractivity contribution in [2.75, 3.05) is 10.5 Å². The van der Waals surface area contributed by atoms with E-state index in [1.807, 2.05) is 60.7 Å². The van der Waals surface area contributed by atoms with E-state index < -0.39 is 11.0 Å². The van der Waals surface area contributed by atoms with Crippen LogP contribution in [-0.2, 0) is 16.7 Å². The first-order valence-electron chi connectivity index (χ1n) is 8.53. The molecule has 3 aromatic carbocycles. The van der Waals surface area contributed by atoms with Gasteiger partial charge >= 0.3 is 0 Å². The van der Waals surface area contributed by atoms with Crippen molar-refractivity contribution < 1.29 is 8.63 Å². The molecule has 1 aromatic heterocycles. The number of fused-ring (bicyclic) bond motifs is 1. The highest BCUT2D eigenvalue weighted by molar-refractivity contribution is 7.98. The van der Waals surface area contributed by atoms with Gasteiger partial charge in [0.25, 0.3) is 0 Å². The highest BCUT2D eigenvalue weighted by Crippen LogP contribution is 2.34. The Hall–Kier alpha value is -2.41. The number of furan rings is 1. The molecule has 0 bridgehead atoms. The fraction of sp³-hybridized carbons (Fsp3) is 0.0476. The third kappa shape index (κ3) is 4.19. The molecule has 0 saturated heterocycles. The molecule has 1 atom stereocenters. The Labute approximate surface area is 174 Å². The number of hydrogen-bond acceptors (Lipinski definition) is 4. The zero-order chi connectivity index (χ0) is 19.5. The van der Waals surface area contributed by atoms with Crippen molar-refractivity contribution in [3.05, 3.63) is 83.4 Å². The van der Waals surface area contributed by atoms with E-state index in [4.69, 9.17) is 21.8 Å². The first-order chi connectivity index (χ1) is 13.6. The molecule has 28 heavy (non-hydrogen) atoms. The molecule has 0 fully saturated rings. The van der Waals surface area contributed by atoms with Crippen LogP contribution in [0.4, 0.5) is 11.4 Å². The lowest BCUT2D eigenvalue weighted by Crippen LogP contribution is -2.05. The monoisotopic (exact) mass is 428 g/mol. The van der Waals surface area contributed by atoms with Crippen LogP contribution in [0.1, 0.15) is 5.56 Å². The maximum absolute atomic E-state index is 12.8. The second-order valence-corrected chi connectivity index (χ2v) is 8.70. The van der Waals surface area contributed by atoms with Crippen molar-refractivity contribution in [2.24, 2.45) is 0 Å². The van der Waals surface area contributed by atoms with Crippen molar-refractivity contribution in [2.45, 2.75) is 15.7 Å². The van der Waals surface area contributed by atoms with Crippen LogP contribution in [0.3, 0.4) is 0 Å². The van der Waals surface area contributed by atoms with Crippen molar-refractivity contribution in [3.8, 4) is 0 Å². The van der Waals surface area contributed by atoms with E-state index in [-0.39, 0.29) is 0 Å². The van der Waals surface area contributed by atoms with Crippen LogP contribution in [0.2, 0.25) is 5.02 Å². The molecule has 4 rings (SSSR count). The molecule has 4 nitrogen and oxygen atoms in total. The van der Waals surface area contributed by atoms with Crippen LogP contribution >= 0.6 is 23.4 Å². The zero-order valence-corrected chi connectivity index (χ0v) is 17.1. The van der Waals surface area contributed by atoms with Gasteiger partial charge in [0.05, 0.1) is 5.69 Å². The number of nitrogen functional groups attached to an aromatic ring is 1. The predicted octanol–water partition coefficient (Wildman–Crippen LogP) is 6.10. The fourth-order valence-electron chi connectivity index (χ4n) is 2.73. The van der Waals surface area contributed by atoms with E-state index in [1.165, 1.54) is 0 Å². The largest absolute Gasteiger partial charge is 0.445 e. The summed E-state index contributed by atoms with van der Waals surface area (Å²) in [6.07, 6.45) is 0. The molecule has 0 spiro atoms. The molecule has 0 amide bonds. The van der Waals surface area contributed by atoms with Gasteiger partial charge in [0, 0.05) is 32.8 Å². The molecular formula is C21H17ClN2O2S2. The number of para-hydroxylation sites is 2. The summed E-state index contributed by atoms with van der Waals surface area (Å²) >= 11 is 7.76. The summed E-state index contributed by atoms with van der Waals surface area (Å²) in [4.78, 5) is 0.928. The summed E-state index contributed by atoms with van der Waals surface area (Å²) in [6, 6.07) is 22.6. The average Bonchev–Trinajstić information content (AvgIpc) is 3.13. The first kappa shape index (κ1) is 18.9. The SMILES string of the molecule is Nc1ccccc1CSc1ccc(Cl)cc1NS(=O)c1cc2ccccc2o1. The molecule has 0 saturated carbocycles. The molecule has 0 aliphatic carbocycles. The van der Waals surface area contributed by atoms with Gasteiger partial charge in [-0.15, -0.1) is 11.8 Å². The number of hydrogen-bond donors (Lipinski definition) is 2. The Morgan fingerprint density at radius 3 is 2.64 bits per heavy atom. The van der Waals surface area contributed by atoms with Crippen LogP contribution < -0.4 is 10.5 Å². The Morgan fingerprint density at radius 1 is 1.04 bits per heavy atom. The number of rotatable bonds is 6. The Bertz CT molecular complexity index is 1130. The van der Waals surface area contributed by atoms with E-state index in [0.717, 1.165) is 21.5 Å². The molecule has 1 unspecified atom stereocenters. The highest BCUT2D eigenvalue weighted by Gasteiger charge is 2.14. The van der Waals surface area contributed by atoms with Gasteiger partial charge in [-0.3, -0.25) is 4.72 Å². The lowest BCUT2D eigenvalue weighted by atomic mass is 10.2. The topological polar surface area (TPSA) is 68.3 Å². The second kappa shape index (κ2) is 8.31. The number of anilines is 2. The molecular weight excluding hydrogens is 412 g/mol. The summed E-state index contributed by atoms with van der Waals surface area (Å²) in [5.74, 6) is 0.695. The van der Waals surface area contributed by atoms with E-state index in [2.05, 4.69) is 4.72 Å². The Morgan fingerprint density at radius 2 is 1.82 bits per heavy atom. The van der Waals surface area contributed by atoms with E-state index in [9.17, 15) is 4.21 Å². The van der Waals surface area contributed by atoms with Crippen LogP contribution in [-0.4, -0.2) is 4.21 Å². The molecule has 0 aliphatic heterocycles. The molecule has 4 aromatic rings. The van der Waals surface area contributed by atoms with Crippen LogP contribution in [0, 0.1) is 0 Å². The quantitative estimate of drug-likeness (QED) is 0.288. The minimum atomic E-state index is -1.55. The maximum atomic E-state index is 12.8. The van der Waals surface area contributed by atoms with Crippen LogP contribution in [0.5, 0.6) is 0 Å². The van der Waals surface area contributed by atoms with Crippen molar-refractivity contribution in [1.82, 2.24) is 0 Å². The number of thioether (sulfide) groups is 1. The smallest absolute Gasteiger partial charge is 0.212 e.